The highest BCUT2D eigenvalue weighted by molar-refractivity contribution is 6.32. The van der Waals surface area contributed by atoms with Crippen LogP contribution in [0.25, 0.3) is 0 Å². The summed E-state index contributed by atoms with van der Waals surface area (Å²) < 4.78 is 16.3. The molecule has 1 N–H and O–H groups in total. The number of hydrogen-bond acceptors (Lipinski definition) is 5. The second-order valence-corrected chi connectivity index (χ2v) is 9.77. The van der Waals surface area contributed by atoms with E-state index in [1.807, 2.05) is 78.9 Å². The van der Waals surface area contributed by atoms with E-state index >= 15 is 0 Å². The molecular weight excluding hydrogens is 540 g/mol. The lowest BCUT2D eigenvalue weighted by molar-refractivity contribution is -0.142. The Morgan fingerprint density at radius 2 is 1.34 bits per heavy atom. The van der Waals surface area contributed by atoms with Crippen LogP contribution >= 0.6 is 11.6 Å². The second-order valence-electron chi connectivity index (χ2n) is 9.36. The number of rotatable bonds is 13. The lowest BCUT2D eigenvalue weighted by Crippen LogP contribution is -2.51. The summed E-state index contributed by atoms with van der Waals surface area (Å²) in [6, 6.07) is 30.7. The molecular formula is C33H33ClN2O5. The summed E-state index contributed by atoms with van der Waals surface area (Å²) >= 11 is 6.25. The van der Waals surface area contributed by atoms with Crippen molar-refractivity contribution in [3.63, 3.8) is 0 Å². The molecule has 0 aromatic heterocycles. The van der Waals surface area contributed by atoms with Gasteiger partial charge in [0.05, 0.1) is 19.2 Å². The molecule has 4 rings (SSSR count). The van der Waals surface area contributed by atoms with Gasteiger partial charge in [-0.25, -0.2) is 0 Å². The number of carbonyl (C=O) groups excluding carboxylic acids is 2. The molecule has 0 aliphatic rings. The van der Waals surface area contributed by atoms with Crippen molar-refractivity contribution in [1.29, 1.82) is 0 Å². The van der Waals surface area contributed by atoms with Crippen LogP contribution < -0.4 is 19.5 Å². The van der Waals surface area contributed by atoms with E-state index in [4.69, 9.17) is 25.8 Å². The molecule has 1 atom stereocenters. The second kappa shape index (κ2) is 14.8. The number of ether oxygens (including phenoxy) is 3. The third-order valence-corrected chi connectivity index (χ3v) is 6.91. The molecule has 0 aliphatic carbocycles. The first-order chi connectivity index (χ1) is 20.0. The minimum absolute atomic E-state index is 0.197. The molecule has 0 radical (unpaired) electrons. The standard InChI is InChI=1S/C33H33ClN2O5/c1-39-27-16-12-25(13-17-27)21-35-33(38)30(20-24-8-4-3-5-9-24)36(22-26-14-18-28(40-2)19-15-26)32(37)23-41-31-11-7-6-10-29(31)34/h3-19,30H,20-23H2,1-2H3,(H,35,38)/t30-/m0/s1. The van der Waals surface area contributed by atoms with Crippen molar-refractivity contribution in [3.05, 3.63) is 125 Å². The summed E-state index contributed by atoms with van der Waals surface area (Å²) in [6.07, 6.45) is 0.323. The number of methoxy groups -OCH3 is 2. The van der Waals surface area contributed by atoms with Crippen LogP contribution in [0.3, 0.4) is 0 Å². The Kier molecular flexibility index (Phi) is 10.6. The highest BCUT2D eigenvalue weighted by Crippen LogP contribution is 2.24. The largest absolute Gasteiger partial charge is 0.497 e. The molecule has 7 nitrogen and oxygen atoms in total. The summed E-state index contributed by atoms with van der Waals surface area (Å²) in [7, 11) is 3.20. The first kappa shape index (κ1) is 29.5. The maximum atomic E-state index is 13.8. The zero-order valence-electron chi connectivity index (χ0n) is 23.1. The van der Waals surface area contributed by atoms with Gasteiger partial charge in [0.2, 0.25) is 5.91 Å². The Bertz CT molecular complexity index is 1410. The lowest BCUT2D eigenvalue weighted by Gasteiger charge is -2.31. The van der Waals surface area contributed by atoms with Crippen LogP contribution in [0.2, 0.25) is 5.02 Å². The number of nitrogens with zero attached hydrogens (tertiary/aromatic N) is 1. The molecule has 4 aromatic carbocycles. The third kappa shape index (κ3) is 8.50. The monoisotopic (exact) mass is 572 g/mol. The number of nitrogens with one attached hydrogen (secondary N) is 1. The fourth-order valence-electron chi connectivity index (χ4n) is 4.32. The van der Waals surface area contributed by atoms with Crippen molar-refractivity contribution in [2.75, 3.05) is 20.8 Å². The van der Waals surface area contributed by atoms with Crippen LogP contribution in [0.4, 0.5) is 0 Å². The Hall–Kier alpha value is -4.49. The number of carbonyl (C=O) groups is 2. The molecule has 4 aromatic rings. The lowest BCUT2D eigenvalue weighted by atomic mass is 10.0. The number of para-hydroxylation sites is 1. The van der Waals surface area contributed by atoms with Crippen LogP contribution in [0.15, 0.2) is 103 Å². The van der Waals surface area contributed by atoms with E-state index in [2.05, 4.69) is 5.32 Å². The van der Waals surface area contributed by atoms with Crippen molar-refractivity contribution in [1.82, 2.24) is 10.2 Å². The normalized spacial score (nSPS) is 11.3. The van der Waals surface area contributed by atoms with Gasteiger partial charge in [0.1, 0.15) is 23.3 Å². The summed E-state index contributed by atoms with van der Waals surface area (Å²) in [5.41, 5.74) is 2.68. The molecule has 0 fully saturated rings. The van der Waals surface area contributed by atoms with Crippen molar-refractivity contribution in [3.8, 4) is 17.2 Å². The summed E-state index contributed by atoms with van der Waals surface area (Å²) in [4.78, 5) is 29.1. The zero-order chi connectivity index (χ0) is 29.0. The quantitative estimate of drug-likeness (QED) is 0.223. The first-order valence-electron chi connectivity index (χ1n) is 13.2. The van der Waals surface area contributed by atoms with Gasteiger partial charge in [-0.3, -0.25) is 9.59 Å². The van der Waals surface area contributed by atoms with E-state index in [1.54, 1.807) is 43.4 Å². The van der Waals surface area contributed by atoms with E-state index in [0.29, 0.717) is 29.5 Å². The van der Waals surface area contributed by atoms with Crippen molar-refractivity contribution < 1.29 is 23.8 Å². The third-order valence-electron chi connectivity index (χ3n) is 6.60. The van der Waals surface area contributed by atoms with Crippen molar-refractivity contribution in [2.24, 2.45) is 0 Å². The highest BCUT2D eigenvalue weighted by Gasteiger charge is 2.31. The highest BCUT2D eigenvalue weighted by atomic mass is 35.5. The first-order valence-corrected chi connectivity index (χ1v) is 13.6. The molecule has 0 saturated carbocycles. The van der Waals surface area contributed by atoms with Gasteiger partial charge in [-0.05, 0) is 53.1 Å². The fraction of sp³-hybridized carbons (Fsp3) is 0.212. The minimum Gasteiger partial charge on any atom is -0.497 e. The molecule has 0 bridgehead atoms. The Morgan fingerprint density at radius 1 is 0.756 bits per heavy atom. The molecule has 0 aliphatic heterocycles. The van der Waals surface area contributed by atoms with Crippen LogP contribution in [0.1, 0.15) is 16.7 Å². The Morgan fingerprint density at radius 3 is 1.95 bits per heavy atom. The van der Waals surface area contributed by atoms with Gasteiger partial charge < -0.3 is 24.4 Å². The SMILES string of the molecule is COc1ccc(CNC(=O)[C@H](Cc2ccccc2)N(Cc2ccc(OC)cc2)C(=O)COc2ccccc2Cl)cc1. The molecule has 0 saturated heterocycles. The van der Waals surface area contributed by atoms with Gasteiger partial charge in [0.15, 0.2) is 6.61 Å². The Balaban J connectivity index is 1.61. The number of benzene rings is 4. The van der Waals surface area contributed by atoms with Gasteiger partial charge in [-0.2, -0.15) is 0 Å². The fourth-order valence-corrected chi connectivity index (χ4v) is 4.51. The smallest absolute Gasteiger partial charge is 0.261 e. The molecule has 212 valence electrons. The predicted molar refractivity (Wildman–Crippen MR) is 159 cm³/mol. The van der Waals surface area contributed by atoms with Crippen LogP contribution in [-0.4, -0.2) is 43.6 Å². The van der Waals surface area contributed by atoms with Gasteiger partial charge in [0, 0.05) is 19.5 Å². The summed E-state index contributed by atoms with van der Waals surface area (Å²) in [6.45, 7) is 0.216. The molecule has 0 spiro atoms. The van der Waals surface area contributed by atoms with Crippen LogP contribution in [0.5, 0.6) is 17.2 Å². The van der Waals surface area contributed by atoms with Gasteiger partial charge >= 0.3 is 0 Å². The van der Waals surface area contributed by atoms with Crippen molar-refractivity contribution >= 4 is 23.4 Å². The molecule has 0 heterocycles. The number of halogens is 1. The minimum atomic E-state index is -0.805. The molecule has 8 heteroatoms. The summed E-state index contributed by atoms with van der Waals surface area (Å²) in [5.74, 6) is 1.21. The van der Waals surface area contributed by atoms with Crippen molar-refractivity contribution in [2.45, 2.75) is 25.6 Å². The maximum Gasteiger partial charge on any atom is 0.261 e. The maximum absolute atomic E-state index is 13.8. The predicted octanol–water partition coefficient (Wildman–Crippen LogP) is 5.69. The van der Waals surface area contributed by atoms with E-state index < -0.39 is 6.04 Å². The van der Waals surface area contributed by atoms with E-state index in [0.717, 1.165) is 22.4 Å². The van der Waals surface area contributed by atoms with E-state index in [1.165, 1.54) is 0 Å². The zero-order valence-corrected chi connectivity index (χ0v) is 23.8. The average molecular weight is 573 g/mol. The molecule has 0 unspecified atom stereocenters. The van der Waals surface area contributed by atoms with E-state index in [9.17, 15) is 9.59 Å². The topological polar surface area (TPSA) is 77.1 Å². The average Bonchev–Trinajstić information content (AvgIpc) is 3.02. The van der Waals surface area contributed by atoms with Gasteiger partial charge in [0.25, 0.3) is 5.91 Å². The van der Waals surface area contributed by atoms with Crippen LogP contribution in [0, 0.1) is 0 Å². The number of hydrogen-bond donors (Lipinski definition) is 1. The van der Waals surface area contributed by atoms with Gasteiger partial charge in [-0.1, -0.05) is 78.3 Å². The van der Waals surface area contributed by atoms with Gasteiger partial charge in [-0.15, -0.1) is 0 Å². The number of amides is 2. The summed E-state index contributed by atoms with van der Waals surface area (Å²) in [5, 5.41) is 3.43. The molecule has 41 heavy (non-hydrogen) atoms. The van der Waals surface area contributed by atoms with Crippen LogP contribution in [-0.2, 0) is 29.1 Å². The molecule has 2 amide bonds. The Labute approximate surface area is 245 Å². The van der Waals surface area contributed by atoms with E-state index in [-0.39, 0.29) is 25.0 Å².